The molecule has 1 rings (SSSR count). The molecule has 0 saturated heterocycles. The van der Waals surface area contributed by atoms with Crippen LogP contribution in [0.25, 0.3) is 0 Å². The first-order valence-electron chi connectivity index (χ1n) is 4.52. The molecule has 1 N–H and O–H groups in total. The Labute approximate surface area is 84.0 Å². The fraction of sp³-hybridized carbons (Fsp3) is 0.364. The van der Waals surface area contributed by atoms with Crippen LogP contribution in [0, 0.1) is 0 Å². The summed E-state index contributed by atoms with van der Waals surface area (Å²) in [5.41, 5.74) is 2.01. The molecule has 0 aliphatic heterocycles. The predicted molar refractivity (Wildman–Crippen MR) is 55.2 cm³/mol. The zero-order chi connectivity index (χ0) is 10.6. The average molecular weight is 193 g/mol. The van der Waals surface area contributed by atoms with E-state index in [-0.39, 0.29) is 6.42 Å². The van der Waals surface area contributed by atoms with Crippen LogP contribution in [-0.4, -0.2) is 30.1 Å². The van der Waals surface area contributed by atoms with Gasteiger partial charge in [0.05, 0.1) is 6.42 Å². The summed E-state index contributed by atoms with van der Waals surface area (Å²) in [5, 5.41) is 8.63. The van der Waals surface area contributed by atoms with Crippen LogP contribution in [0.15, 0.2) is 24.3 Å². The molecule has 0 aromatic heterocycles. The number of benzene rings is 1. The lowest BCUT2D eigenvalue weighted by Gasteiger charge is -2.10. The summed E-state index contributed by atoms with van der Waals surface area (Å²) in [7, 11) is 3.98. The van der Waals surface area contributed by atoms with E-state index in [9.17, 15) is 4.79 Å². The van der Waals surface area contributed by atoms with Gasteiger partial charge < -0.3 is 10.0 Å². The Balaban J connectivity index is 2.73. The molecule has 76 valence electrons. The van der Waals surface area contributed by atoms with Gasteiger partial charge in [-0.2, -0.15) is 0 Å². The summed E-state index contributed by atoms with van der Waals surface area (Å²) < 4.78 is 0. The van der Waals surface area contributed by atoms with Crippen molar-refractivity contribution in [3.8, 4) is 0 Å². The maximum Gasteiger partial charge on any atom is 0.307 e. The van der Waals surface area contributed by atoms with Crippen molar-refractivity contribution >= 4 is 5.97 Å². The molecule has 0 radical (unpaired) electrons. The third-order valence-electron chi connectivity index (χ3n) is 1.85. The van der Waals surface area contributed by atoms with E-state index >= 15 is 0 Å². The predicted octanol–water partition coefficient (Wildman–Crippen LogP) is 1.38. The Morgan fingerprint density at radius 1 is 1.36 bits per heavy atom. The highest BCUT2D eigenvalue weighted by Crippen LogP contribution is 2.07. The summed E-state index contributed by atoms with van der Waals surface area (Å²) in [6.45, 7) is 0.841. The van der Waals surface area contributed by atoms with Crippen LogP contribution in [0.2, 0.25) is 0 Å². The van der Waals surface area contributed by atoms with Gasteiger partial charge in [0.2, 0.25) is 0 Å². The molecule has 0 fully saturated rings. The second-order valence-corrected chi connectivity index (χ2v) is 3.63. The summed E-state index contributed by atoms with van der Waals surface area (Å²) in [5.74, 6) is -0.785. The number of carboxylic acids is 1. The van der Waals surface area contributed by atoms with Crippen LogP contribution in [-0.2, 0) is 17.8 Å². The first-order valence-corrected chi connectivity index (χ1v) is 4.52. The maximum absolute atomic E-state index is 10.5. The Bertz CT molecular complexity index is 321. The molecule has 0 aliphatic rings. The zero-order valence-corrected chi connectivity index (χ0v) is 8.53. The molecule has 0 saturated carbocycles. The lowest BCUT2D eigenvalue weighted by Crippen LogP contribution is -2.11. The highest BCUT2D eigenvalue weighted by molar-refractivity contribution is 5.70. The number of carboxylic acid groups (broad SMARTS) is 1. The molecule has 1 aromatic rings. The van der Waals surface area contributed by atoms with Crippen molar-refractivity contribution in [1.29, 1.82) is 0 Å². The second-order valence-electron chi connectivity index (χ2n) is 3.63. The van der Waals surface area contributed by atoms with Crippen LogP contribution < -0.4 is 0 Å². The quantitative estimate of drug-likeness (QED) is 0.785. The van der Waals surface area contributed by atoms with E-state index in [2.05, 4.69) is 4.90 Å². The molecule has 0 bridgehead atoms. The highest BCUT2D eigenvalue weighted by atomic mass is 16.4. The summed E-state index contributed by atoms with van der Waals surface area (Å²) >= 11 is 0. The Morgan fingerprint density at radius 2 is 2.00 bits per heavy atom. The van der Waals surface area contributed by atoms with Crippen LogP contribution in [0.1, 0.15) is 11.1 Å². The van der Waals surface area contributed by atoms with Crippen LogP contribution >= 0.6 is 0 Å². The number of aliphatic carboxylic acids is 1. The van der Waals surface area contributed by atoms with Crippen molar-refractivity contribution in [1.82, 2.24) is 4.90 Å². The number of hydrogen-bond donors (Lipinski definition) is 1. The molecule has 0 spiro atoms. The third-order valence-corrected chi connectivity index (χ3v) is 1.85. The minimum absolute atomic E-state index is 0.0985. The van der Waals surface area contributed by atoms with Gasteiger partial charge in [-0.1, -0.05) is 24.3 Å². The van der Waals surface area contributed by atoms with Gasteiger partial charge in [0, 0.05) is 6.54 Å². The first-order chi connectivity index (χ1) is 6.58. The first kappa shape index (κ1) is 10.7. The summed E-state index contributed by atoms with van der Waals surface area (Å²) in [6, 6.07) is 7.68. The van der Waals surface area contributed by atoms with E-state index in [4.69, 9.17) is 5.11 Å². The third kappa shape index (κ3) is 3.58. The lowest BCUT2D eigenvalue weighted by molar-refractivity contribution is -0.136. The summed E-state index contributed by atoms with van der Waals surface area (Å²) in [6.07, 6.45) is 0.0985. The summed E-state index contributed by atoms with van der Waals surface area (Å²) in [4.78, 5) is 12.5. The van der Waals surface area contributed by atoms with Crippen molar-refractivity contribution < 1.29 is 9.90 Å². The Morgan fingerprint density at radius 3 is 2.57 bits per heavy atom. The molecule has 1 aromatic carbocycles. The molecule has 0 atom stereocenters. The fourth-order valence-corrected chi connectivity index (χ4v) is 1.38. The molecule has 3 nitrogen and oxygen atoms in total. The van der Waals surface area contributed by atoms with E-state index in [1.807, 2.05) is 38.4 Å². The number of rotatable bonds is 4. The van der Waals surface area contributed by atoms with Gasteiger partial charge in [-0.05, 0) is 25.2 Å². The van der Waals surface area contributed by atoms with Crippen molar-refractivity contribution in [2.75, 3.05) is 14.1 Å². The van der Waals surface area contributed by atoms with Crippen LogP contribution in [0.5, 0.6) is 0 Å². The fourth-order valence-electron chi connectivity index (χ4n) is 1.38. The van der Waals surface area contributed by atoms with E-state index < -0.39 is 5.97 Å². The van der Waals surface area contributed by atoms with Gasteiger partial charge in [-0.3, -0.25) is 4.79 Å². The molecule has 0 unspecified atom stereocenters. The molecule has 14 heavy (non-hydrogen) atoms. The van der Waals surface area contributed by atoms with E-state index in [1.165, 1.54) is 0 Å². The Kier molecular flexibility index (Phi) is 3.65. The van der Waals surface area contributed by atoms with Gasteiger partial charge in [0.1, 0.15) is 0 Å². The molecular formula is C11H15NO2. The monoisotopic (exact) mass is 193 g/mol. The molecular weight excluding hydrogens is 178 g/mol. The SMILES string of the molecule is CN(C)Cc1cccc(CC(=O)O)c1. The maximum atomic E-state index is 10.5. The molecule has 0 amide bonds. The van der Waals surface area contributed by atoms with Gasteiger partial charge in [-0.15, -0.1) is 0 Å². The van der Waals surface area contributed by atoms with Gasteiger partial charge in [0.15, 0.2) is 0 Å². The second kappa shape index (κ2) is 4.77. The lowest BCUT2D eigenvalue weighted by atomic mass is 10.1. The van der Waals surface area contributed by atoms with Gasteiger partial charge in [0.25, 0.3) is 0 Å². The molecule has 0 heterocycles. The number of hydrogen-bond acceptors (Lipinski definition) is 2. The zero-order valence-electron chi connectivity index (χ0n) is 8.53. The normalized spacial score (nSPS) is 10.5. The molecule has 3 heteroatoms. The highest BCUT2D eigenvalue weighted by Gasteiger charge is 2.01. The molecule has 0 aliphatic carbocycles. The number of nitrogens with zero attached hydrogens (tertiary/aromatic N) is 1. The largest absolute Gasteiger partial charge is 0.481 e. The van der Waals surface area contributed by atoms with E-state index in [0.29, 0.717) is 0 Å². The van der Waals surface area contributed by atoms with Crippen molar-refractivity contribution in [2.24, 2.45) is 0 Å². The van der Waals surface area contributed by atoms with Crippen molar-refractivity contribution in [3.63, 3.8) is 0 Å². The van der Waals surface area contributed by atoms with Gasteiger partial charge >= 0.3 is 5.97 Å². The van der Waals surface area contributed by atoms with Crippen LogP contribution in [0.3, 0.4) is 0 Å². The van der Waals surface area contributed by atoms with Crippen LogP contribution in [0.4, 0.5) is 0 Å². The minimum Gasteiger partial charge on any atom is -0.481 e. The van der Waals surface area contributed by atoms with E-state index in [1.54, 1.807) is 0 Å². The van der Waals surface area contributed by atoms with Gasteiger partial charge in [-0.25, -0.2) is 0 Å². The van der Waals surface area contributed by atoms with E-state index in [0.717, 1.165) is 17.7 Å². The standard InChI is InChI=1S/C11H15NO2/c1-12(2)8-10-5-3-4-9(6-10)7-11(13)14/h3-6H,7-8H2,1-2H3,(H,13,14). The number of carbonyl (C=O) groups is 1. The smallest absolute Gasteiger partial charge is 0.307 e. The topological polar surface area (TPSA) is 40.5 Å². The minimum atomic E-state index is -0.785. The van der Waals surface area contributed by atoms with Crippen molar-refractivity contribution in [3.05, 3.63) is 35.4 Å². The van der Waals surface area contributed by atoms with Crippen molar-refractivity contribution in [2.45, 2.75) is 13.0 Å². The Hall–Kier alpha value is -1.35. The average Bonchev–Trinajstić information content (AvgIpc) is 2.01.